The van der Waals surface area contributed by atoms with Crippen molar-refractivity contribution in [2.45, 2.75) is 26.0 Å². The van der Waals surface area contributed by atoms with Gasteiger partial charge in [0.1, 0.15) is 5.75 Å². The van der Waals surface area contributed by atoms with Gasteiger partial charge in [0, 0.05) is 20.3 Å². The number of hydrogen-bond acceptors (Lipinski definition) is 3. The van der Waals surface area contributed by atoms with Crippen LogP contribution in [-0.2, 0) is 11.3 Å². The van der Waals surface area contributed by atoms with Crippen molar-refractivity contribution in [3.63, 3.8) is 0 Å². The summed E-state index contributed by atoms with van der Waals surface area (Å²) in [6.45, 7) is -0.350. The molecule has 18 heavy (non-hydrogen) atoms. The molecule has 0 bridgehead atoms. The second-order valence-electron chi connectivity index (χ2n) is 3.90. The van der Waals surface area contributed by atoms with E-state index >= 15 is 0 Å². The van der Waals surface area contributed by atoms with Gasteiger partial charge in [-0.1, -0.05) is 12.1 Å². The van der Waals surface area contributed by atoms with E-state index in [1.807, 2.05) is 0 Å². The van der Waals surface area contributed by atoms with E-state index in [1.165, 1.54) is 0 Å². The van der Waals surface area contributed by atoms with E-state index in [9.17, 15) is 8.78 Å². The Balaban J connectivity index is 2.18. The van der Waals surface area contributed by atoms with Crippen LogP contribution in [0.2, 0.25) is 0 Å². The summed E-state index contributed by atoms with van der Waals surface area (Å²) in [5.74, 6) is 0.189. The fourth-order valence-corrected chi connectivity index (χ4v) is 1.52. The molecule has 1 rings (SSSR count). The van der Waals surface area contributed by atoms with Crippen LogP contribution in [-0.4, -0.2) is 26.9 Å². The number of halogens is 2. The SMILES string of the molecule is COCCCCNCc1ccc(OC(F)F)cc1. The van der Waals surface area contributed by atoms with Gasteiger partial charge in [-0.2, -0.15) is 8.78 Å². The van der Waals surface area contributed by atoms with E-state index in [4.69, 9.17) is 4.74 Å². The fraction of sp³-hybridized carbons (Fsp3) is 0.538. The van der Waals surface area contributed by atoms with Crippen LogP contribution >= 0.6 is 0 Å². The normalized spacial score (nSPS) is 10.9. The Morgan fingerprint density at radius 1 is 1.17 bits per heavy atom. The third-order valence-corrected chi connectivity index (χ3v) is 2.43. The number of rotatable bonds is 9. The monoisotopic (exact) mass is 259 g/mol. The molecule has 102 valence electrons. The second kappa shape index (κ2) is 8.83. The maximum atomic E-state index is 11.9. The molecule has 0 radical (unpaired) electrons. The third kappa shape index (κ3) is 6.51. The van der Waals surface area contributed by atoms with E-state index in [0.717, 1.165) is 38.1 Å². The molecule has 1 aromatic carbocycles. The van der Waals surface area contributed by atoms with Crippen LogP contribution in [0.5, 0.6) is 5.75 Å². The van der Waals surface area contributed by atoms with Crippen molar-refractivity contribution in [2.75, 3.05) is 20.3 Å². The van der Waals surface area contributed by atoms with E-state index in [2.05, 4.69) is 10.1 Å². The highest BCUT2D eigenvalue weighted by atomic mass is 19.3. The molecule has 3 nitrogen and oxygen atoms in total. The second-order valence-corrected chi connectivity index (χ2v) is 3.90. The summed E-state index contributed by atoms with van der Waals surface area (Å²) in [4.78, 5) is 0. The Hall–Kier alpha value is -1.20. The zero-order valence-corrected chi connectivity index (χ0v) is 10.5. The first-order valence-electron chi connectivity index (χ1n) is 5.96. The van der Waals surface area contributed by atoms with Crippen LogP contribution < -0.4 is 10.1 Å². The van der Waals surface area contributed by atoms with Crippen LogP contribution in [0.15, 0.2) is 24.3 Å². The Labute approximate surface area is 106 Å². The Morgan fingerprint density at radius 2 is 1.89 bits per heavy atom. The van der Waals surface area contributed by atoms with Gasteiger partial charge in [0.15, 0.2) is 0 Å². The Morgan fingerprint density at radius 3 is 2.50 bits per heavy atom. The molecular weight excluding hydrogens is 240 g/mol. The number of hydrogen-bond donors (Lipinski definition) is 1. The van der Waals surface area contributed by atoms with Crippen molar-refractivity contribution in [3.8, 4) is 5.75 Å². The molecule has 5 heteroatoms. The highest BCUT2D eigenvalue weighted by Gasteiger charge is 2.03. The van der Waals surface area contributed by atoms with Crippen LogP contribution in [0, 0.1) is 0 Å². The van der Waals surface area contributed by atoms with Crippen molar-refractivity contribution >= 4 is 0 Å². The molecule has 0 saturated heterocycles. The van der Waals surface area contributed by atoms with Crippen LogP contribution in [0.25, 0.3) is 0 Å². The first-order chi connectivity index (χ1) is 8.72. The largest absolute Gasteiger partial charge is 0.435 e. The summed E-state index contributed by atoms with van der Waals surface area (Å²) < 4.78 is 33.1. The minimum atomic E-state index is -2.77. The Bertz CT molecular complexity index is 317. The molecular formula is C13H19F2NO2. The molecule has 0 saturated carbocycles. The van der Waals surface area contributed by atoms with Gasteiger partial charge in [0.05, 0.1) is 0 Å². The molecule has 0 aliphatic heterocycles. The summed E-state index contributed by atoms with van der Waals surface area (Å²) in [6, 6.07) is 6.65. The molecule has 0 amide bonds. The Kier molecular flexibility index (Phi) is 7.29. The van der Waals surface area contributed by atoms with Crippen LogP contribution in [0.1, 0.15) is 18.4 Å². The predicted molar refractivity (Wildman–Crippen MR) is 65.9 cm³/mol. The number of methoxy groups -OCH3 is 1. The fourth-order valence-electron chi connectivity index (χ4n) is 1.52. The van der Waals surface area contributed by atoms with Gasteiger partial charge in [-0.15, -0.1) is 0 Å². The molecule has 0 atom stereocenters. The lowest BCUT2D eigenvalue weighted by Crippen LogP contribution is -2.15. The van der Waals surface area contributed by atoms with Gasteiger partial charge in [0.2, 0.25) is 0 Å². The summed E-state index contributed by atoms with van der Waals surface area (Å²) in [5.41, 5.74) is 1.04. The van der Waals surface area contributed by atoms with E-state index in [0.29, 0.717) is 0 Å². The summed E-state index contributed by atoms with van der Waals surface area (Å²) in [7, 11) is 1.69. The highest BCUT2D eigenvalue weighted by Crippen LogP contribution is 2.14. The molecule has 0 heterocycles. The number of unbranched alkanes of at least 4 members (excludes halogenated alkanes) is 1. The van der Waals surface area contributed by atoms with Gasteiger partial charge in [-0.05, 0) is 37.1 Å². The number of nitrogens with one attached hydrogen (secondary N) is 1. The van der Waals surface area contributed by atoms with Gasteiger partial charge < -0.3 is 14.8 Å². The maximum absolute atomic E-state index is 11.9. The van der Waals surface area contributed by atoms with E-state index in [1.54, 1.807) is 31.4 Å². The molecule has 0 aliphatic carbocycles. The zero-order chi connectivity index (χ0) is 13.2. The average molecular weight is 259 g/mol. The highest BCUT2D eigenvalue weighted by molar-refractivity contribution is 5.27. The van der Waals surface area contributed by atoms with Crippen molar-refractivity contribution in [1.82, 2.24) is 5.32 Å². The van der Waals surface area contributed by atoms with E-state index in [-0.39, 0.29) is 5.75 Å². The minimum absolute atomic E-state index is 0.189. The molecule has 0 aliphatic rings. The lowest BCUT2D eigenvalue weighted by Gasteiger charge is -2.07. The molecule has 0 fully saturated rings. The summed E-state index contributed by atoms with van der Waals surface area (Å²) >= 11 is 0. The van der Waals surface area contributed by atoms with E-state index < -0.39 is 6.61 Å². The van der Waals surface area contributed by atoms with Gasteiger partial charge >= 0.3 is 6.61 Å². The van der Waals surface area contributed by atoms with Crippen LogP contribution in [0.4, 0.5) is 8.78 Å². The zero-order valence-electron chi connectivity index (χ0n) is 10.5. The first-order valence-corrected chi connectivity index (χ1v) is 5.96. The van der Waals surface area contributed by atoms with Gasteiger partial charge in [0.25, 0.3) is 0 Å². The molecule has 1 aromatic rings. The molecule has 0 aromatic heterocycles. The van der Waals surface area contributed by atoms with Gasteiger partial charge in [-0.25, -0.2) is 0 Å². The molecule has 0 unspecified atom stereocenters. The average Bonchev–Trinajstić information content (AvgIpc) is 2.35. The minimum Gasteiger partial charge on any atom is -0.435 e. The molecule has 0 spiro atoms. The standard InChI is InChI=1S/C13H19F2NO2/c1-17-9-3-2-8-16-10-11-4-6-12(7-5-11)18-13(14)15/h4-7,13,16H,2-3,8-10H2,1H3. The van der Waals surface area contributed by atoms with Crippen molar-refractivity contribution < 1.29 is 18.3 Å². The summed E-state index contributed by atoms with van der Waals surface area (Å²) in [5, 5.41) is 3.28. The lowest BCUT2D eigenvalue weighted by atomic mass is 10.2. The van der Waals surface area contributed by atoms with Crippen molar-refractivity contribution in [1.29, 1.82) is 0 Å². The predicted octanol–water partition coefficient (Wildman–Crippen LogP) is 2.80. The first kappa shape index (κ1) is 14.9. The summed E-state index contributed by atoms with van der Waals surface area (Å²) in [6.07, 6.45) is 2.09. The quantitative estimate of drug-likeness (QED) is 0.692. The van der Waals surface area contributed by atoms with Crippen molar-refractivity contribution in [2.24, 2.45) is 0 Å². The lowest BCUT2D eigenvalue weighted by molar-refractivity contribution is -0.0498. The van der Waals surface area contributed by atoms with Crippen LogP contribution in [0.3, 0.4) is 0 Å². The topological polar surface area (TPSA) is 30.5 Å². The van der Waals surface area contributed by atoms with Crippen molar-refractivity contribution in [3.05, 3.63) is 29.8 Å². The number of benzene rings is 1. The molecule has 1 N–H and O–H groups in total. The third-order valence-electron chi connectivity index (χ3n) is 2.43. The maximum Gasteiger partial charge on any atom is 0.387 e. The smallest absolute Gasteiger partial charge is 0.387 e. The van der Waals surface area contributed by atoms with Gasteiger partial charge in [-0.3, -0.25) is 0 Å². The number of alkyl halides is 2. The number of ether oxygens (including phenoxy) is 2.